The maximum absolute atomic E-state index is 11.8. The van der Waals surface area contributed by atoms with Crippen LogP contribution in [0.5, 0.6) is 0 Å². The van der Waals surface area contributed by atoms with Crippen molar-refractivity contribution < 1.29 is 0 Å². The minimum absolute atomic E-state index is 0.229. The van der Waals surface area contributed by atoms with Crippen LogP contribution in [0.1, 0.15) is 34.0 Å². The van der Waals surface area contributed by atoms with Crippen LogP contribution in [0.4, 0.5) is 0 Å². The quantitative estimate of drug-likeness (QED) is 0.844. The number of nitrogens with one attached hydrogen (secondary N) is 1. The molecule has 0 aliphatic carbocycles. The van der Waals surface area contributed by atoms with Crippen LogP contribution in [0.25, 0.3) is 0 Å². The molecule has 0 spiro atoms. The fraction of sp³-hybridized carbons (Fsp3) is 0.286. The van der Waals surface area contributed by atoms with Crippen LogP contribution in [-0.4, -0.2) is 10.2 Å². The summed E-state index contributed by atoms with van der Waals surface area (Å²) in [6.45, 7) is 5.87. The first-order valence-electron chi connectivity index (χ1n) is 5.88. The van der Waals surface area contributed by atoms with Gasteiger partial charge in [0.05, 0.1) is 11.7 Å². The van der Waals surface area contributed by atoms with Crippen LogP contribution in [0.15, 0.2) is 29.1 Å². The molecule has 0 saturated heterocycles. The maximum Gasteiger partial charge on any atom is 0.269 e. The van der Waals surface area contributed by atoms with Crippen LogP contribution >= 0.6 is 0 Å². The lowest BCUT2D eigenvalue weighted by atomic mass is 9.95. The molecule has 1 aromatic carbocycles. The smallest absolute Gasteiger partial charge is 0.269 e. The van der Waals surface area contributed by atoms with Crippen molar-refractivity contribution in [2.75, 3.05) is 0 Å². The SMILES string of the molecule is Cc1ccc(C(N)c2cc(C)n[nH]c2=O)c(C)c1. The molecule has 0 amide bonds. The fourth-order valence-electron chi connectivity index (χ4n) is 2.10. The van der Waals surface area contributed by atoms with Gasteiger partial charge in [0.2, 0.25) is 0 Å². The van der Waals surface area contributed by atoms with Gasteiger partial charge in [-0.3, -0.25) is 4.79 Å². The largest absolute Gasteiger partial charge is 0.320 e. The number of benzene rings is 1. The van der Waals surface area contributed by atoms with Gasteiger partial charge in [-0.05, 0) is 38.0 Å². The van der Waals surface area contributed by atoms with Crippen molar-refractivity contribution in [3.8, 4) is 0 Å². The first-order chi connectivity index (χ1) is 8.49. The minimum Gasteiger partial charge on any atom is -0.320 e. The molecular weight excluding hydrogens is 226 g/mol. The molecule has 94 valence electrons. The van der Waals surface area contributed by atoms with Crippen LogP contribution in [0.3, 0.4) is 0 Å². The molecule has 0 bridgehead atoms. The zero-order chi connectivity index (χ0) is 13.3. The first kappa shape index (κ1) is 12.5. The normalized spacial score (nSPS) is 12.4. The Kier molecular flexibility index (Phi) is 3.30. The van der Waals surface area contributed by atoms with E-state index in [-0.39, 0.29) is 5.56 Å². The lowest BCUT2D eigenvalue weighted by molar-refractivity contribution is 0.808. The van der Waals surface area contributed by atoms with Crippen molar-refractivity contribution in [1.82, 2.24) is 10.2 Å². The third-order valence-electron chi connectivity index (χ3n) is 3.06. The van der Waals surface area contributed by atoms with Crippen LogP contribution < -0.4 is 11.3 Å². The molecule has 4 nitrogen and oxygen atoms in total. The van der Waals surface area contributed by atoms with Gasteiger partial charge in [-0.2, -0.15) is 5.10 Å². The van der Waals surface area contributed by atoms with Crippen molar-refractivity contribution in [2.45, 2.75) is 26.8 Å². The highest BCUT2D eigenvalue weighted by molar-refractivity contribution is 5.37. The maximum atomic E-state index is 11.8. The summed E-state index contributed by atoms with van der Waals surface area (Å²) in [5.41, 5.74) is 10.5. The summed E-state index contributed by atoms with van der Waals surface area (Å²) in [5, 5.41) is 6.32. The number of nitrogens with zero attached hydrogens (tertiary/aromatic N) is 1. The Hall–Kier alpha value is -1.94. The fourth-order valence-corrected chi connectivity index (χ4v) is 2.10. The molecule has 2 rings (SSSR count). The number of hydrogen-bond donors (Lipinski definition) is 2. The highest BCUT2D eigenvalue weighted by Gasteiger charge is 2.15. The topological polar surface area (TPSA) is 71.8 Å². The zero-order valence-corrected chi connectivity index (χ0v) is 10.8. The van der Waals surface area contributed by atoms with Crippen molar-refractivity contribution in [3.05, 3.63) is 62.6 Å². The van der Waals surface area contributed by atoms with Crippen molar-refractivity contribution in [3.63, 3.8) is 0 Å². The predicted molar refractivity (Wildman–Crippen MR) is 71.5 cm³/mol. The van der Waals surface area contributed by atoms with E-state index in [4.69, 9.17) is 5.73 Å². The van der Waals surface area contributed by atoms with Gasteiger partial charge in [0.15, 0.2) is 0 Å². The van der Waals surface area contributed by atoms with Gasteiger partial charge in [0.25, 0.3) is 5.56 Å². The third kappa shape index (κ3) is 2.33. The van der Waals surface area contributed by atoms with Crippen molar-refractivity contribution in [1.29, 1.82) is 0 Å². The van der Waals surface area contributed by atoms with E-state index < -0.39 is 6.04 Å². The molecule has 18 heavy (non-hydrogen) atoms. The second-order valence-electron chi connectivity index (χ2n) is 4.63. The predicted octanol–water partition coefficient (Wildman–Crippen LogP) is 1.74. The Bertz CT molecular complexity index is 631. The molecule has 4 heteroatoms. The number of nitrogens with two attached hydrogens (primary N) is 1. The summed E-state index contributed by atoms with van der Waals surface area (Å²) >= 11 is 0. The lowest BCUT2D eigenvalue weighted by Gasteiger charge is -2.15. The van der Waals surface area contributed by atoms with E-state index in [0.29, 0.717) is 5.56 Å². The molecule has 1 aromatic heterocycles. The molecular formula is C14H17N3O. The van der Waals surface area contributed by atoms with E-state index in [2.05, 4.69) is 16.3 Å². The number of aryl methyl sites for hydroxylation is 3. The van der Waals surface area contributed by atoms with Crippen LogP contribution in [0.2, 0.25) is 0 Å². The minimum atomic E-state index is -0.420. The van der Waals surface area contributed by atoms with E-state index in [9.17, 15) is 4.79 Å². The van der Waals surface area contributed by atoms with Gasteiger partial charge in [-0.25, -0.2) is 5.10 Å². The molecule has 3 N–H and O–H groups in total. The summed E-state index contributed by atoms with van der Waals surface area (Å²) < 4.78 is 0. The average molecular weight is 243 g/mol. The molecule has 0 radical (unpaired) electrons. The van der Waals surface area contributed by atoms with Gasteiger partial charge in [-0.15, -0.1) is 0 Å². The van der Waals surface area contributed by atoms with Crippen LogP contribution in [0, 0.1) is 20.8 Å². The van der Waals surface area contributed by atoms with E-state index in [1.165, 1.54) is 5.56 Å². The van der Waals surface area contributed by atoms with Gasteiger partial charge >= 0.3 is 0 Å². The van der Waals surface area contributed by atoms with Crippen molar-refractivity contribution in [2.24, 2.45) is 5.73 Å². The number of aromatic nitrogens is 2. The molecule has 1 unspecified atom stereocenters. The highest BCUT2D eigenvalue weighted by atomic mass is 16.1. The Morgan fingerprint density at radius 1 is 1.17 bits per heavy atom. The second kappa shape index (κ2) is 4.74. The van der Waals surface area contributed by atoms with E-state index in [1.54, 1.807) is 6.07 Å². The highest BCUT2D eigenvalue weighted by Crippen LogP contribution is 2.21. The Balaban J connectivity index is 2.51. The molecule has 1 heterocycles. The molecule has 0 fully saturated rings. The molecule has 1 atom stereocenters. The van der Waals surface area contributed by atoms with Gasteiger partial charge in [0, 0.05) is 5.56 Å². The van der Waals surface area contributed by atoms with Crippen LogP contribution in [-0.2, 0) is 0 Å². The van der Waals surface area contributed by atoms with E-state index in [0.717, 1.165) is 16.8 Å². The Labute approximate surface area is 106 Å². The lowest BCUT2D eigenvalue weighted by Crippen LogP contribution is -2.24. The third-order valence-corrected chi connectivity index (χ3v) is 3.06. The number of aromatic amines is 1. The molecule has 2 aromatic rings. The molecule has 0 aliphatic heterocycles. The number of hydrogen-bond acceptors (Lipinski definition) is 3. The summed E-state index contributed by atoms with van der Waals surface area (Å²) in [6.07, 6.45) is 0. The molecule has 0 saturated carbocycles. The zero-order valence-electron chi connectivity index (χ0n) is 10.8. The summed E-state index contributed by atoms with van der Waals surface area (Å²) in [5.74, 6) is 0. The monoisotopic (exact) mass is 243 g/mol. The van der Waals surface area contributed by atoms with Gasteiger partial charge < -0.3 is 5.73 Å². The van der Waals surface area contributed by atoms with E-state index >= 15 is 0 Å². The standard InChI is InChI=1S/C14H17N3O/c1-8-4-5-11(9(2)6-8)13(15)12-7-10(3)16-17-14(12)18/h4-7,13H,15H2,1-3H3,(H,17,18). The summed E-state index contributed by atoms with van der Waals surface area (Å²) in [4.78, 5) is 11.8. The second-order valence-corrected chi connectivity index (χ2v) is 4.63. The Morgan fingerprint density at radius 2 is 1.89 bits per heavy atom. The van der Waals surface area contributed by atoms with Gasteiger partial charge in [-0.1, -0.05) is 23.8 Å². The van der Waals surface area contributed by atoms with Gasteiger partial charge in [0.1, 0.15) is 0 Å². The number of rotatable bonds is 2. The number of H-pyrrole nitrogens is 1. The first-order valence-corrected chi connectivity index (χ1v) is 5.88. The molecule has 0 aliphatic rings. The average Bonchev–Trinajstić information content (AvgIpc) is 2.31. The summed E-state index contributed by atoms with van der Waals surface area (Å²) in [7, 11) is 0. The summed E-state index contributed by atoms with van der Waals surface area (Å²) in [6, 6.07) is 7.37. The van der Waals surface area contributed by atoms with E-state index in [1.807, 2.05) is 32.9 Å². The Morgan fingerprint density at radius 3 is 2.56 bits per heavy atom. The van der Waals surface area contributed by atoms with Crippen molar-refractivity contribution >= 4 is 0 Å².